The molecule has 164 valence electrons. The van der Waals surface area contributed by atoms with Crippen molar-refractivity contribution in [3.63, 3.8) is 0 Å². The van der Waals surface area contributed by atoms with Gasteiger partial charge in [0, 0.05) is 37.4 Å². The third-order valence-corrected chi connectivity index (χ3v) is 6.79. The Morgan fingerprint density at radius 2 is 1.90 bits per heavy atom. The lowest BCUT2D eigenvalue weighted by Gasteiger charge is -2.16. The van der Waals surface area contributed by atoms with Crippen molar-refractivity contribution >= 4 is 60.1 Å². The molecule has 0 amide bonds. The van der Waals surface area contributed by atoms with E-state index in [0.717, 1.165) is 11.3 Å². The molecule has 0 radical (unpaired) electrons. The summed E-state index contributed by atoms with van der Waals surface area (Å²) < 4.78 is 36.8. The van der Waals surface area contributed by atoms with Crippen LogP contribution in [0.5, 0.6) is 0 Å². The van der Waals surface area contributed by atoms with Crippen molar-refractivity contribution in [2.45, 2.75) is 11.4 Å². The highest BCUT2D eigenvalue weighted by Gasteiger charge is 2.10. The van der Waals surface area contributed by atoms with Gasteiger partial charge in [-0.2, -0.15) is 4.98 Å². The van der Waals surface area contributed by atoms with Crippen molar-refractivity contribution in [3.8, 4) is 0 Å². The summed E-state index contributed by atoms with van der Waals surface area (Å²) in [6.07, 6.45) is 3.24. The van der Waals surface area contributed by atoms with E-state index in [-0.39, 0.29) is 4.90 Å². The van der Waals surface area contributed by atoms with E-state index in [1.807, 2.05) is 24.3 Å². The maximum absolute atomic E-state index is 11.7. The minimum absolute atomic E-state index is 0.0249. The van der Waals surface area contributed by atoms with E-state index < -0.39 is 21.0 Å². The minimum Gasteiger partial charge on any atom is -0.365 e. The van der Waals surface area contributed by atoms with Gasteiger partial charge in [0.05, 0.1) is 9.37 Å². The second kappa shape index (κ2) is 9.73. The summed E-state index contributed by atoms with van der Waals surface area (Å²) in [5, 5.41) is 11.4. The number of hydrogen-bond acceptors (Lipinski definition) is 7. The zero-order valence-corrected chi connectivity index (χ0v) is 20.0. The molecule has 0 aliphatic rings. The van der Waals surface area contributed by atoms with E-state index in [0.29, 0.717) is 28.5 Å². The maximum Gasteiger partial charge on any atom is 0.238 e. The molecule has 31 heavy (non-hydrogen) atoms. The first-order valence-corrected chi connectivity index (χ1v) is 12.8. The van der Waals surface area contributed by atoms with Crippen molar-refractivity contribution in [1.29, 1.82) is 0 Å². The van der Waals surface area contributed by atoms with Crippen LogP contribution in [0.3, 0.4) is 0 Å². The van der Waals surface area contributed by atoms with Crippen LogP contribution in [0.25, 0.3) is 0 Å². The molecule has 0 aliphatic carbocycles. The Morgan fingerprint density at radius 1 is 1.19 bits per heavy atom. The molecule has 1 heterocycles. The van der Waals surface area contributed by atoms with Crippen molar-refractivity contribution in [1.82, 2.24) is 9.97 Å². The molecule has 3 aromatic rings. The smallest absolute Gasteiger partial charge is 0.238 e. The van der Waals surface area contributed by atoms with Crippen molar-refractivity contribution in [3.05, 3.63) is 64.8 Å². The molecule has 0 saturated carbocycles. The molecule has 0 fully saturated rings. The van der Waals surface area contributed by atoms with Crippen LogP contribution in [0, 0.1) is 0 Å². The van der Waals surface area contributed by atoms with Gasteiger partial charge in [0.1, 0.15) is 16.8 Å². The molecule has 1 atom stereocenters. The van der Waals surface area contributed by atoms with Crippen LogP contribution in [0.2, 0.25) is 0 Å². The van der Waals surface area contributed by atoms with Crippen LogP contribution in [0.15, 0.2) is 64.1 Å². The van der Waals surface area contributed by atoms with Crippen molar-refractivity contribution in [2.75, 3.05) is 28.2 Å². The minimum atomic E-state index is -3.75. The largest absolute Gasteiger partial charge is 0.365 e. The van der Waals surface area contributed by atoms with Gasteiger partial charge in [0.25, 0.3) is 0 Å². The van der Waals surface area contributed by atoms with Crippen molar-refractivity contribution in [2.24, 2.45) is 5.14 Å². The normalized spacial score (nSPS) is 12.3. The summed E-state index contributed by atoms with van der Waals surface area (Å²) >= 11 is 3.43. The first-order chi connectivity index (χ1) is 14.6. The molecule has 0 aliphatic heterocycles. The summed E-state index contributed by atoms with van der Waals surface area (Å²) in [5.74, 6) is 0.917. The number of sulfonamides is 1. The fourth-order valence-electron chi connectivity index (χ4n) is 2.60. The molecule has 3 rings (SSSR count). The van der Waals surface area contributed by atoms with E-state index in [9.17, 15) is 12.6 Å². The Hall–Kier alpha value is -2.54. The lowest BCUT2D eigenvalue weighted by molar-refractivity contribution is 0.598. The molecule has 9 nitrogen and oxygen atoms in total. The lowest BCUT2D eigenvalue weighted by atomic mass is 10.2. The molecule has 12 heteroatoms. The molecule has 0 spiro atoms. The average molecular weight is 525 g/mol. The van der Waals surface area contributed by atoms with Gasteiger partial charge in [0.15, 0.2) is 0 Å². The summed E-state index contributed by atoms with van der Waals surface area (Å²) in [4.78, 5) is 8.71. The van der Waals surface area contributed by atoms with E-state index in [4.69, 9.17) is 5.14 Å². The molecule has 0 saturated heterocycles. The van der Waals surface area contributed by atoms with Crippen molar-refractivity contribution < 1.29 is 12.6 Å². The summed E-state index contributed by atoms with van der Waals surface area (Å²) in [7, 11) is -3.08. The first-order valence-electron chi connectivity index (χ1n) is 8.96. The first kappa shape index (κ1) is 23.1. The molecule has 2 aromatic carbocycles. The van der Waals surface area contributed by atoms with Crippen LogP contribution in [0.1, 0.15) is 5.56 Å². The highest BCUT2D eigenvalue weighted by molar-refractivity contribution is 9.10. The van der Waals surface area contributed by atoms with Gasteiger partial charge >= 0.3 is 0 Å². The number of anilines is 4. The van der Waals surface area contributed by atoms with Crippen LogP contribution < -0.4 is 20.1 Å². The topological polar surface area (TPSA) is 130 Å². The zero-order chi connectivity index (χ0) is 22.6. The Kier molecular flexibility index (Phi) is 7.26. The third-order valence-electron chi connectivity index (χ3n) is 4.30. The summed E-state index contributed by atoms with van der Waals surface area (Å²) in [6, 6.07) is 13.7. The number of halogens is 1. The average Bonchev–Trinajstić information content (AvgIpc) is 2.73. The number of hydrogen-bond donors (Lipinski definition) is 3. The number of primary sulfonamides is 1. The lowest BCUT2D eigenvalue weighted by Crippen LogP contribution is -2.18. The van der Waals surface area contributed by atoms with Gasteiger partial charge in [-0.3, -0.25) is 4.31 Å². The maximum atomic E-state index is 11.7. The van der Waals surface area contributed by atoms with E-state index in [1.165, 1.54) is 12.1 Å². The molecule has 1 aromatic heterocycles. The highest BCUT2D eigenvalue weighted by atomic mass is 79.9. The molecule has 0 bridgehead atoms. The second-order valence-electron chi connectivity index (χ2n) is 6.53. The van der Waals surface area contributed by atoms with E-state index in [2.05, 4.69) is 36.5 Å². The van der Waals surface area contributed by atoms with Gasteiger partial charge in [0.2, 0.25) is 16.0 Å². The van der Waals surface area contributed by atoms with Crippen LogP contribution in [-0.4, -0.2) is 35.9 Å². The quantitative estimate of drug-likeness (QED) is 0.412. The highest BCUT2D eigenvalue weighted by Crippen LogP contribution is 2.24. The number of nitrogens with two attached hydrogens (primary N) is 1. The standard InChI is InChI=1S/C19H21BrN6O3S2/c1-26(30(2)27)15-5-3-4-13(10-15)11-22-18-17(20)12-23-19(25-18)24-14-6-8-16(9-7-14)31(21,28)29/h3-10,12H,11H2,1-2H3,(H2,21,28,29)(H2,22,23,24,25). The van der Waals surface area contributed by atoms with Gasteiger partial charge in [-0.15, -0.1) is 0 Å². The Labute approximate surface area is 191 Å². The Bertz CT molecular complexity index is 1210. The Balaban J connectivity index is 1.72. The molecule has 4 N–H and O–H groups in total. The SMILES string of the molecule is CN(c1cccc(CNc2nc(Nc3ccc(S(N)(=O)=O)cc3)ncc2Br)c1)S(C)=O. The molecule has 1 unspecified atom stereocenters. The number of rotatable bonds is 8. The monoisotopic (exact) mass is 524 g/mol. The fraction of sp³-hybridized carbons (Fsp3) is 0.158. The third kappa shape index (κ3) is 6.23. The number of nitrogens with one attached hydrogen (secondary N) is 2. The second-order valence-corrected chi connectivity index (χ2v) is 10.3. The molecular weight excluding hydrogens is 504 g/mol. The molecular formula is C19H21BrN6O3S2. The van der Waals surface area contributed by atoms with E-state index in [1.54, 1.807) is 35.9 Å². The van der Waals surface area contributed by atoms with Gasteiger partial charge in [-0.1, -0.05) is 12.1 Å². The number of aromatic nitrogens is 2. The van der Waals surface area contributed by atoms with Crippen LogP contribution >= 0.6 is 15.9 Å². The predicted molar refractivity (Wildman–Crippen MR) is 127 cm³/mol. The van der Waals surface area contributed by atoms with E-state index >= 15 is 0 Å². The summed E-state index contributed by atoms with van der Waals surface area (Å²) in [6.45, 7) is 0.496. The van der Waals surface area contributed by atoms with Gasteiger partial charge in [-0.25, -0.2) is 22.7 Å². The van der Waals surface area contributed by atoms with Gasteiger partial charge in [-0.05, 0) is 57.9 Å². The van der Waals surface area contributed by atoms with Gasteiger partial charge < -0.3 is 10.6 Å². The van der Waals surface area contributed by atoms with Crippen LogP contribution in [-0.2, 0) is 27.6 Å². The number of benzene rings is 2. The fourth-order valence-corrected chi connectivity index (χ4v) is 3.86. The summed E-state index contributed by atoms with van der Waals surface area (Å²) in [5.41, 5.74) is 2.46. The number of nitrogens with zero attached hydrogens (tertiary/aromatic N) is 3. The Morgan fingerprint density at radius 3 is 2.55 bits per heavy atom. The van der Waals surface area contributed by atoms with Crippen LogP contribution in [0.4, 0.5) is 23.1 Å². The zero-order valence-electron chi connectivity index (χ0n) is 16.7. The predicted octanol–water partition coefficient (Wildman–Crippen LogP) is 2.97.